The predicted octanol–water partition coefficient (Wildman–Crippen LogP) is 2.62. The normalized spacial score (nSPS) is 13.3. The van der Waals surface area contributed by atoms with Gasteiger partial charge in [0.1, 0.15) is 5.75 Å². The van der Waals surface area contributed by atoms with E-state index in [0.29, 0.717) is 0 Å². The summed E-state index contributed by atoms with van der Waals surface area (Å²) >= 11 is 0. The van der Waals surface area contributed by atoms with E-state index in [4.69, 9.17) is 10.5 Å². The largest absolute Gasteiger partial charge is 0.489 e. The van der Waals surface area contributed by atoms with Crippen molar-refractivity contribution in [3.63, 3.8) is 0 Å². The number of hydrogen-bond acceptors (Lipinski definition) is 3. The highest BCUT2D eigenvalue weighted by atomic mass is 16.5. The van der Waals surface area contributed by atoms with Crippen LogP contribution in [0, 0.1) is 0 Å². The molecule has 0 aromatic carbocycles. The van der Waals surface area contributed by atoms with Crippen molar-refractivity contribution in [3.05, 3.63) is 30.1 Å². The molecule has 0 amide bonds. The lowest BCUT2D eigenvalue weighted by molar-refractivity contribution is 0.241. The first-order valence-corrected chi connectivity index (χ1v) is 5.61. The van der Waals surface area contributed by atoms with Crippen LogP contribution in [-0.4, -0.2) is 17.1 Å². The highest BCUT2D eigenvalue weighted by Crippen LogP contribution is 2.14. The Labute approximate surface area is 97.3 Å². The molecule has 1 aromatic rings. The van der Waals surface area contributed by atoms with Gasteiger partial charge in [0, 0.05) is 12.2 Å². The monoisotopic (exact) mass is 220 g/mol. The quantitative estimate of drug-likeness (QED) is 0.829. The highest BCUT2D eigenvalue weighted by molar-refractivity contribution is 5.49. The molecule has 3 heteroatoms. The summed E-state index contributed by atoms with van der Waals surface area (Å²) in [5.74, 6) is 0.804. The molecule has 1 aromatic heterocycles. The van der Waals surface area contributed by atoms with Gasteiger partial charge in [0.2, 0.25) is 0 Å². The summed E-state index contributed by atoms with van der Waals surface area (Å²) in [6.45, 7) is 5.98. The molecule has 1 rings (SSSR count). The molecule has 0 saturated carbocycles. The standard InChI is InChI=1S/C13H20N2O/c1-10(2)16-13-7-12(8-15-9-13)6-4-5-11(3)14/h4,6-11H,5,14H2,1-3H3/b6-4-/t11-/m1/s1. The van der Waals surface area contributed by atoms with Crippen molar-refractivity contribution in [2.24, 2.45) is 5.73 Å². The van der Waals surface area contributed by atoms with E-state index in [1.165, 1.54) is 0 Å². The van der Waals surface area contributed by atoms with Gasteiger partial charge in [0.25, 0.3) is 0 Å². The van der Waals surface area contributed by atoms with Crippen LogP contribution in [0.5, 0.6) is 5.75 Å². The van der Waals surface area contributed by atoms with Crippen LogP contribution in [0.2, 0.25) is 0 Å². The molecule has 16 heavy (non-hydrogen) atoms. The highest BCUT2D eigenvalue weighted by Gasteiger charge is 1.98. The van der Waals surface area contributed by atoms with Crippen LogP contribution in [0.4, 0.5) is 0 Å². The van der Waals surface area contributed by atoms with Gasteiger partial charge in [-0.1, -0.05) is 12.2 Å². The van der Waals surface area contributed by atoms with Crippen molar-refractivity contribution in [1.29, 1.82) is 0 Å². The molecule has 0 unspecified atom stereocenters. The van der Waals surface area contributed by atoms with Crippen LogP contribution in [0.1, 0.15) is 32.8 Å². The zero-order valence-electron chi connectivity index (χ0n) is 10.2. The fourth-order valence-electron chi connectivity index (χ4n) is 1.28. The Morgan fingerprint density at radius 1 is 1.38 bits per heavy atom. The lowest BCUT2D eigenvalue weighted by Gasteiger charge is -2.09. The second-order valence-electron chi connectivity index (χ2n) is 4.24. The minimum atomic E-state index is 0.171. The Balaban J connectivity index is 2.63. The Hall–Kier alpha value is -1.35. The number of aromatic nitrogens is 1. The van der Waals surface area contributed by atoms with Crippen molar-refractivity contribution in [3.8, 4) is 5.75 Å². The molecule has 0 fully saturated rings. The van der Waals surface area contributed by atoms with Crippen molar-refractivity contribution in [2.75, 3.05) is 0 Å². The second kappa shape index (κ2) is 6.28. The number of hydrogen-bond donors (Lipinski definition) is 1. The van der Waals surface area contributed by atoms with Crippen molar-refractivity contribution >= 4 is 6.08 Å². The van der Waals surface area contributed by atoms with Crippen LogP contribution in [0.25, 0.3) is 6.08 Å². The van der Waals surface area contributed by atoms with E-state index in [1.807, 2.05) is 39.1 Å². The molecule has 0 radical (unpaired) electrons. The number of pyridine rings is 1. The Bertz CT molecular complexity index is 346. The van der Waals surface area contributed by atoms with Crippen LogP contribution < -0.4 is 10.5 Å². The first kappa shape index (κ1) is 12.7. The van der Waals surface area contributed by atoms with Gasteiger partial charge in [0.15, 0.2) is 0 Å². The van der Waals surface area contributed by atoms with Gasteiger partial charge in [-0.05, 0) is 38.8 Å². The number of rotatable bonds is 5. The molecule has 2 N–H and O–H groups in total. The molecule has 1 heterocycles. The summed E-state index contributed by atoms with van der Waals surface area (Å²) in [7, 11) is 0. The van der Waals surface area contributed by atoms with Crippen molar-refractivity contribution in [1.82, 2.24) is 4.98 Å². The third-order valence-corrected chi connectivity index (χ3v) is 1.92. The van der Waals surface area contributed by atoms with E-state index < -0.39 is 0 Å². The van der Waals surface area contributed by atoms with Gasteiger partial charge in [-0.3, -0.25) is 4.98 Å². The summed E-state index contributed by atoms with van der Waals surface area (Å²) in [5.41, 5.74) is 6.70. The molecule has 88 valence electrons. The minimum Gasteiger partial charge on any atom is -0.489 e. The summed E-state index contributed by atoms with van der Waals surface area (Å²) in [6.07, 6.45) is 8.65. The van der Waals surface area contributed by atoms with E-state index in [0.717, 1.165) is 17.7 Å². The summed E-state index contributed by atoms with van der Waals surface area (Å²) < 4.78 is 5.56. The fraction of sp³-hybridized carbons (Fsp3) is 0.462. The van der Waals surface area contributed by atoms with E-state index in [1.54, 1.807) is 6.20 Å². The van der Waals surface area contributed by atoms with Gasteiger partial charge in [-0.25, -0.2) is 0 Å². The van der Waals surface area contributed by atoms with Crippen LogP contribution in [0.3, 0.4) is 0 Å². The molecule has 0 bridgehead atoms. The minimum absolute atomic E-state index is 0.171. The third-order valence-electron chi connectivity index (χ3n) is 1.92. The van der Waals surface area contributed by atoms with E-state index >= 15 is 0 Å². The Kier molecular flexibility index (Phi) is 4.99. The molecule has 1 atom stereocenters. The van der Waals surface area contributed by atoms with Gasteiger partial charge in [-0.2, -0.15) is 0 Å². The molecule has 0 aliphatic heterocycles. The maximum Gasteiger partial charge on any atom is 0.138 e. The lowest BCUT2D eigenvalue weighted by atomic mass is 10.2. The van der Waals surface area contributed by atoms with E-state index in [2.05, 4.69) is 11.1 Å². The smallest absolute Gasteiger partial charge is 0.138 e. The topological polar surface area (TPSA) is 48.1 Å². The number of nitrogens with two attached hydrogens (primary N) is 1. The summed E-state index contributed by atoms with van der Waals surface area (Å²) in [4.78, 5) is 4.13. The zero-order valence-corrected chi connectivity index (χ0v) is 10.2. The molecule has 0 saturated heterocycles. The molecular formula is C13H20N2O. The van der Waals surface area contributed by atoms with Crippen LogP contribution in [-0.2, 0) is 0 Å². The lowest BCUT2D eigenvalue weighted by Crippen LogP contribution is -2.12. The molecular weight excluding hydrogens is 200 g/mol. The zero-order chi connectivity index (χ0) is 12.0. The second-order valence-corrected chi connectivity index (χ2v) is 4.24. The van der Waals surface area contributed by atoms with Crippen molar-refractivity contribution < 1.29 is 4.74 Å². The Morgan fingerprint density at radius 3 is 2.75 bits per heavy atom. The van der Waals surface area contributed by atoms with E-state index in [-0.39, 0.29) is 12.1 Å². The fourth-order valence-corrected chi connectivity index (χ4v) is 1.28. The summed E-state index contributed by atoms with van der Waals surface area (Å²) in [5, 5.41) is 0. The molecule has 0 aliphatic carbocycles. The predicted molar refractivity (Wildman–Crippen MR) is 67.3 cm³/mol. The van der Waals surface area contributed by atoms with Gasteiger partial charge < -0.3 is 10.5 Å². The first-order valence-electron chi connectivity index (χ1n) is 5.61. The van der Waals surface area contributed by atoms with Gasteiger partial charge in [0.05, 0.1) is 12.3 Å². The molecule has 3 nitrogen and oxygen atoms in total. The molecule has 0 aliphatic rings. The Morgan fingerprint density at radius 2 is 2.12 bits per heavy atom. The van der Waals surface area contributed by atoms with Gasteiger partial charge >= 0.3 is 0 Å². The first-order chi connectivity index (χ1) is 7.58. The molecule has 0 spiro atoms. The number of ether oxygens (including phenoxy) is 1. The van der Waals surface area contributed by atoms with Gasteiger partial charge in [-0.15, -0.1) is 0 Å². The van der Waals surface area contributed by atoms with E-state index in [9.17, 15) is 0 Å². The number of nitrogens with zero attached hydrogens (tertiary/aromatic N) is 1. The average Bonchev–Trinajstić information content (AvgIpc) is 2.16. The van der Waals surface area contributed by atoms with Crippen molar-refractivity contribution in [2.45, 2.75) is 39.3 Å². The average molecular weight is 220 g/mol. The van der Waals surface area contributed by atoms with Crippen LogP contribution in [0.15, 0.2) is 24.5 Å². The summed E-state index contributed by atoms with van der Waals surface area (Å²) in [6, 6.07) is 2.17. The SMILES string of the molecule is CC(C)Oc1cncc(/C=C\C[C@@H](C)N)c1. The maximum absolute atomic E-state index is 5.66. The maximum atomic E-state index is 5.66. The van der Waals surface area contributed by atoms with Crippen LogP contribution >= 0.6 is 0 Å². The third kappa shape index (κ3) is 4.94.